The maximum atomic E-state index is 13.2. The average Bonchev–Trinajstić information content (AvgIpc) is 2.73. The highest BCUT2D eigenvalue weighted by atomic mass is 16.5. The molecule has 0 aromatic heterocycles. The van der Waals surface area contributed by atoms with Crippen LogP contribution in [0.1, 0.15) is 57.7 Å². The molecular formula is C26H36N2O3. The highest BCUT2D eigenvalue weighted by molar-refractivity contribution is 5.88. The van der Waals surface area contributed by atoms with Gasteiger partial charge in [-0.2, -0.15) is 0 Å². The van der Waals surface area contributed by atoms with E-state index in [1.807, 2.05) is 62.4 Å². The number of para-hydroxylation sites is 1. The summed E-state index contributed by atoms with van der Waals surface area (Å²) in [6, 6.07) is 15.2. The van der Waals surface area contributed by atoms with Crippen LogP contribution in [0.2, 0.25) is 0 Å². The molecule has 5 nitrogen and oxygen atoms in total. The second-order valence-electron chi connectivity index (χ2n) is 9.01. The molecule has 168 valence electrons. The number of hydrogen-bond acceptors (Lipinski definition) is 3. The van der Waals surface area contributed by atoms with Crippen LogP contribution in [0.4, 0.5) is 0 Å². The molecule has 0 saturated carbocycles. The Bertz CT molecular complexity index is 886. The van der Waals surface area contributed by atoms with Crippen molar-refractivity contribution in [1.29, 1.82) is 0 Å². The van der Waals surface area contributed by atoms with Gasteiger partial charge in [0.25, 0.3) is 5.91 Å². The number of carbonyl (C=O) groups excluding carboxylic acids is 2. The minimum absolute atomic E-state index is 0.103. The van der Waals surface area contributed by atoms with Crippen LogP contribution in [0.15, 0.2) is 48.5 Å². The van der Waals surface area contributed by atoms with Crippen molar-refractivity contribution in [2.75, 3.05) is 13.2 Å². The maximum Gasteiger partial charge on any atom is 0.261 e. The molecular weight excluding hydrogens is 388 g/mol. The fourth-order valence-electron chi connectivity index (χ4n) is 3.42. The van der Waals surface area contributed by atoms with Crippen LogP contribution in [0, 0.1) is 6.92 Å². The van der Waals surface area contributed by atoms with Gasteiger partial charge >= 0.3 is 0 Å². The largest absolute Gasteiger partial charge is 0.483 e. The van der Waals surface area contributed by atoms with Gasteiger partial charge in [-0.3, -0.25) is 9.59 Å². The normalized spacial score (nSPS) is 12.2. The van der Waals surface area contributed by atoms with Crippen molar-refractivity contribution < 1.29 is 14.3 Å². The summed E-state index contributed by atoms with van der Waals surface area (Å²) in [4.78, 5) is 27.4. The number of amides is 2. The third-order valence-corrected chi connectivity index (χ3v) is 5.20. The summed E-state index contributed by atoms with van der Waals surface area (Å²) in [7, 11) is 0. The van der Waals surface area contributed by atoms with Crippen molar-refractivity contribution in [2.45, 2.75) is 66.0 Å². The highest BCUT2D eigenvalue weighted by Gasteiger charge is 2.27. The standard InChI is InChI=1S/C26H36N2O3/c1-7-15-27-25(30)20(3)28(17-21-12-10-11-19(2)16-21)24(29)18-31-23-14-9-8-13-22(23)26(4,5)6/h8-14,16,20H,7,15,17-18H2,1-6H3,(H,27,30)/t20-/m0/s1. The number of hydrogen-bond donors (Lipinski definition) is 1. The Morgan fingerprint density at radius 3 is 2.45 bits per heavy atom. The van der Waals surface area contributed by atoms with Gasteiger partial charge in [0.2, 0.25) is 5.91 Å². The number of ether oxygens (including phenoxy) is 1. The summed E-state index contributed by atoms with van der Waals surface area (Å²) < 4.78 is 5.96. The monoisotopic (exact) mass is 424 g/mol. The van der Waals surface area contributed by atoms with E-state index < -0.39 is 6.04 Å². The molecule has 0 spiro atoms. The van der Waals surface area contributed by atoms with Gasteiger partial charge in [0.15, 0.2) is 6.61 Å². The number of nitrogens with zero attached hydrogens (tertiary/aromatic N) is 1. The molecule has 2 rings (SSSR count). The summed E-state index contributed by atoms with van der Waals surface area (Å²) in [5.41, 5.74) is 3.04. The van der Waals surface area contributed by atoms with Crippen LogP contribution < -0.4 is 10.1 Å². The van der Waals surface area contributed by atoms with Gasteiger partial charge in [-0.05, 0) is 42.9 Å². The van der Waals surface area contributed by atoms with Crippen LogP contribution in [0.25, 0.3) is 0 Å². The molecule has 0 bridgehead atoms. The first-order valence-electron chi connectivity index (χ1n) is 11.0. The van der Waals surface area contributed by atoms with E-state index in [2.05, 4.69) is 26.1 Å². The smallest absolute Gasteiger partial charge is 0.261 e. The van der Waals surface area contributed by atoms with Crippen LogP contribution in [0.5, 0.6) is 5.75 Å². The predicted molar refractivity (Wildman–Crippen MR) is 125 cm³/mol. The Balaban J connectivity index is 2.21. The molecule has 2 aromatic carbocycles. The molecule has 0 aliphatic rings. The Morgan fingerprint density at radius 1 is 1.10 bits per heavy atom. The van der Waals surface area contributed by atoms with Gasteiger partial charge in [-0.25, -0.2) is 0 Å². The van der Waals surface area contributed by atoms with E-state index in [4.69, 9.17) is 4.74 Å². The van der Waals surface area contributed by atoms with Crippen molar-refractivity contribution in [1.82, 2.24) is 10.2 Å². The Hall–Kier alpha value is -2.82. The first-order valence-corrected chi connectivity index (χ1v) is 11.0. The SMILES string of the molecule is CCCNC(=O)[C@H](C)N(Cc1cccc(C)c1)C(=O)COc1ccccc1C(C)(C)C. The van der Waals surface area contributed by atoms with E-state index in [0.29, 0.717) is 18.8 Å². The molecule has 2 aromatic rings. The van der Waals surface area contributed by atoms with Crippen molar-refractivity contribution in [2.24, 2.45) is 0 Å². The molecule has 5 heteroatoms. The second kappa shape index (κ2) is 11.0. The second-order valence-corrected chi connectivity index (χ2v) is 9.01. The van der Waals surface area contributed by atoms with Gasteiger partial charge in [0, 0.05) is 13.1 Å². The Kier molecular flexibility index (Phi) is 8.66. The molecule has 0 fully saturated rings. The summed E-state index contributed by atoms with van der Waals surface area (Å²) in [5, 5.41) is 2.89. The molecule has 0 saturated heterocycles. The topological polar surface area (TPSA) is 58.6 Å². The van der Waals surface area contributed by atoms with Crippen molar-refractivity contribution in [3.8, 4) is 5.75 Å². The molecule has 0 heterocycles. The van der Waals surface area contributed by atoms with E-state index in [1.165, 1.54) is 0 Å². The highest BCUT2D eigenvalue weighted by Crippen LogP contribution is 2.31. The Labute approximate surface area is 186 Å². The van der Waals surface area contributed by atoms with Gasteiger partial charge in [-0.1, -0.05) is 75.7 Å². The van der Waals surface area contributed by atoms with Gasteiger partial charge in [0.05, 0.1) is 0 Å². The third-order valence-electron chi connectivity index (χ3n) is 5.20. The molecule has 2 amide bonds. The number of aryl methyl sites for hydroxylation is 1. The summed E-state index contributed by atoms with van der Waals surface area (Å²) in [5.74, 6) is 0.323. The lowest BCUT2D eigenvalue weighted by Gasteiger charge is -2.29. The lowest BCUT2D eigenvalue weighted by molar-refractivity contribution is -0.142. The molecule has 1 N–H and O–H groups in total. The Morgan fingerprint density at radius 2 is 1.81 bits per heavy atom. The lowest BCUT2D eigenvalue weighted by Crippen LogP contribution is -2.49. The number of benzene rings is 2. The van der Waals surface area contributed by atoms with E-state index >= 15 is 0 Å². The van der Waals surface area contributed by atoms with Crippen molar-refractivity contribution >= 4 is 11.8 Å². The lowest BCUT2D eigenvalue weighted by atomic mass is 9.86. The summed E-state index contributed by atoms with van der Waals surface area (Å²) in [6.45, 7) is 12.9. The quantitative estimate of drug-likeness (QED) is 0.639. The summed E-state index contributed by atoms with van der Waals surface area (Å²) >= 11 is 0. The number of rotatable bonds is 9. The molecule has 0 unspecified atom stereocenters. The number of nitrogens with one attached hydrogen (secondary N) is 1. The van der Waals surface area contributed by atoms with E-state index in [-0.39, 0.29) is 23.8 Å². The van der Waals surface area contributed by atoms with E-state index in [0.717, 1.165) is 23.1 Å². The van der Waals surface area contributed by atoms with Gasteiger partial charge in [0.1, 0.15) is 11.8 Å². The minimum atomic E-state index is -0.596. The number of carbonyl (C=O) groups is 2. The first kappa shape index (κ1) is 24.4. The average molecular weight is 425 g/mol. The zero-order chi connectivity index (χ0) is 23.0. The fraction of sp³-hybridized carbons (Fsp3) is 0.462. The molecule has 0 aliphatic heterocycles. The molecule has 0 radical (unpaired) electrons. The third kappa shape index (κ3) is 7.12. The molecule has 31 heavy (non-hydrogen) atoms. The van der Waals surface area contributed by atoms with Crippen molar-refractivity contribution in [3.63, 3.8) is 0 Å². The zero-order valence-corrected chi connectivity index (χ0v) is 19.7. The first-order chi connectivity index (χ1) is 14.6. The van der Waals surface area contributed by atoms with Crippen LogP contribution >= 0.6 is 0 Å². The zero-order valence-electron chi connectivity index (χ0n) is 19.7. The summed E-state index contributed by atoms with van der Waals surface area (Å²) in [6.07, 6.45) is 0.844. The molecule has 1 atom stereocenters. The van der Waals surface area contributed by atoms with Crippen LogP contribution in [-0.2, 0) is 21.5 Å². The predicted octanol–water partition coefficient (Wildman–Crippen LogP) is 4.61. The fourth-order valence-corrected chi connectivity index (χ4v) is 3.42. The van der Waals surface area contributed by atoms with Crippen LogP contribution in [-0.4, -0.2) is 35.9 Å². The minimum Gasteiger partial charge on any atom is -0.483 e. The van der Waals surface area contributed by atoms with Gasteiger partial charge in [-0.15, -0.1) is 0 Å². The van der Waals surface area contributed by atoms with Crippen LogP contribution in [0.3, 0.4) is 0 Å². The molecule has 0 aliphatic carbocycles. The van der Waals surface area contributed by atoms with E-state index in [1.54, 1.807) is 11.8 Å². The van der Waals surface area contributed by atoms with Crippen molar-refractivity contribution in [3.05, 3.63) is 65.2 Å². The maximum absolute atomic E-state index is 13.2. The van der Waals surface area contributed by atoms with Gasteiger partial charge < -0.3 is 15.0 Å². The van der Waals surface area contributed by atoms with E-state index in [9.17, 15) is 9.59 Å².